The van der Waals surface area contributed by atoms with Crippen LogP contribution in [0.4, 0.5) is 0 Å². The van der Waals surface area contributed by atoms with Crippen molar-refractivity contribution in [2.45, 2.75) is 94.3 Å². The van der Waals surface area contributed by atoms with E-state index in [9.17, 15) is 54.3 Å². The maximum absolute atomic E-state index is 14.8. The van der Waals surface area contributed by atoms with Gasteiger partial charge in [-0.1, -0.05) is 36.4 Å². The van der Waals surface area contributed by atoms with E-state index in [1.807, 2.05) is 0 Å². The molecule has 7 rings (SSSR count). The first kappa shape index (κ1) is 41.9. The number of rotatable bonds is 8. The molecule has 17 nitrogen and oxygen atoms in total. The van der Waals surface area contributed by atoms with Crippen molar-refractivity contribution < 1.29 is 82.7 Å². The molecule has 5 N–H and O–H groups in total. The lowest BCUT2D eigenvalue weighted by atomic mass is 9.54. The van der Waals surface area contributed by atoms with Crippen molar-refractivity contribution in [3.05, 3.63) is 118 Å². The molecule has 10 atom stereocenters. The Morgan fingerprint density at radius 1 is 0.783 bits per heavy atom. The van der Waals surface area contributed by atoms with E-state index in [0.717, 1.165) is 32.1 Å². The zero-order chi connectivity index (χ0) is 43.4. The normalized spacial score (nSPS) is 30.8. The van der Waals surface area contributed by atoms with Gasteiger partial charge < -0.3 is 54.0 Å². The highest BCUT2D eigenvalue weighted by Crippen LogP contribution is 2.56. The molecular weight excluding hydrogens is 788 g/mol. The fourth-order valence-electron chi connectivity index (χ4n) is 8.25. The molecule has 0 spiro atoms. The molecule has 0 aromatic heterocycles. The molecule has 4 aliphatic rings. The van der Waals surface area contributed by atoms with E-state index < -0.39 is 129 Å². The minimum atomic E-state index is -3.31. The fourth-order valence-corrected chi connectivity index (χ4v) is 8.25. The predicted octanol–water partition coefficient (Wildman–Crippen LogP) is 2.05. The number of phenolic OH excluding ortho intramolecular Hbond substituents is 1. The lowest BCUT2D eigenvalue weighted by Crippen LogP contribution is -2.80. The predicted molar refractivity (Wildman–Crippen MR) is 201 cm³/mol. The van der Waals surface area contributed by atoms with Gasteiger partial charge in [-0.05, 0) is 61.9 Å². The number of benzene rings is 3. The molecule has 1 aliphatic heterocycles. The van der Waals surface area contributed by atoms with Crippen LogP contribution in [0.5, 0.6) is 11.5 Å². The van der Waals surface area contributed by atoms with Crippen LogP contribution in [0.25, 0.3) is 0 Å². The molecule has 0 amide bonds. The van der Waals surface area contributed by atoms with Gasteiger partial charge in [-0.3, -0.25) is 19.2 Å². The van der Waals surface area contributed by atoms with Gasteiger partial charge in [0.2, 0.25) is 6.29 Å². The summed E-state index contributed by atoms with van der Waals surface area (Å²) in [5, 5.41) is 60.1. The van der Waals surface area contributed by atoms with Gasteiger partial charge in [0, 0.05) is 37.0 Å². The SMILES string of the molecule is CC(=O)O[C@@H]1C(C)=C[C@H](OC(=O)c2ccccc2)[C@@]2(O)C3=C(C(=O)c4c(ccc(O[C@H]5C[C@@H](OC(=O)c6ccccc6)[C@H](O)[C@@H](C)O5)c4O)C3=O)[C@H](O)[C@H](OC(C)=O)[C@@]12O. The second kappa shape index (κ2) is 15.7. The Bertz CT molecular complexity index is 2340. The molecule has 0 radical (unpaired) electrons. The van der Waals surface area contributed by atoms with E-state index in [-0.39, 0.29) is 23.1 Å². The number of phenols is 1. The minimum absolute atomic E-state index is 0.0280. The third-order valence-electron chi connectivity index (χ3n) is 11.0. The molecule has 0 saturated carbocycles. The van der Waals surface area contributed by atoms with Gasteiger partial charge in [-0.2, -0.15) is 0 Å². The highest BCUT2D eigenvalue weighted by molar-refractivity contribution is 6.29. The summed E-state index contributed by atoms with van der Waals surface area (Å²) in [5.74, 6) is -7.89. The molecule has 60 heavy (non-hydrogen) atoms. The van der Waals surface area contributed by atoms with Gasteiger partial charge in [0.1, 0.15) is 18.3 Å². The van der Waals surface area contributed by atoms with Gasteiger partial charge in [-0.25, -0.2) is 9.59 Å². The fraction of sp³-hybridized carbons (Fsp3) is 0.349. The summed E-state index contributed by atoms with van der Waals surface area (Å²) in [7, 11) is 0. The minimum Gasteiger partial charge on any atom is -0.504 e. The number of fused-ring (bicyclic) bond motifs is 3. The number of esters is 4. The molecule has 0 unspecified atom stereocenters. The van der Waals surface area contributed by atoms with Crippen LogP contribution >= 0.6 is 0 Å². The monoisotopic (exact) mass is 828 g/mol. The molecule has 0 bridgehead atoms. The quantitative estimate of drug-likeness (QED) is 0.124. The van der Waals surface area contributed by atoms with Gasteiger partial charge >= 0.3 is 23.9 Å². The number of aliphatic hydroxyl groups excluding tert-OH is 2. The second-order valence-corrected chi connectivity index (χ2v) is 14.9. The van der Waals surface area contributed by atoms with Crippen molar-refractivity contribution in [1.29, 1.82) is 0 Å². The van der Waals surface area contributed by atoms with Crippen LogP contribution in [0.3, 0.4) is 0 Å². The van der Waals surface area contributed by atoms with E-state index in [1.165, 1.54) is 50.2 Å². The number of ether oxygens (including phenoxy) is 6. The first-order chi connectivity index (χ1) is 28.4. The zero-order valence-corrected chi connectivity index (χ0v) is 32.5. The van der Waals surface area contributed by atoms with Crippen molar-refractivity contribution >= 4 is 35.4 Å². The highest BCUT2D eigenvalue weighted by Gasteiger charge is 2.76. The number of Topliss-reactive ketones (excluding diaryl/α,β-unsaturated/α-hetero) is 2. The first-order valence-corrected chi connectivity index (χ1v) is 18.8. The summed E-state index contributed by atoms with van der Waals surface area (Å²) in [6.07, 6.45) is -12.7. The Hall–Kier alpha value is -6.24. The van der Waals surface area contributed by atoms with E-state index >= 15 is 0 Å². The summed E-state index contributed by atoms with van der Waals surface area (Å²) in [5.41, 5.74) is -9.65. The van der Waals surface area contributed by atoms with Gasteiger partial charge in [0.15, 0.2) is 52.6 Å². The van der Waals surface area contributed by atoms with Gasteiger partial charge in [0.05, 0.1) is 22.8 Å². The number of hydrogen-bond acceptors (Lipinski definition) is 17. The largest absolute Gasteiger partial charge is 0.504 e. The number of hydrogen-bond donors (Lipinski definition) is 5. The molecule has 1 heterocycles. The molecule has 1 saturated heterocycles. The number of aromatic hydroxyl groups is 1. The smallest absolute Gasteiger partial charge is 0.338 e. The van der Waals surface area contributed by atoms with Crippen LogP contribution in [-0.4, -0.2) is 121 Å². The number of ketones is 2. The van der Waals surface area contributed by atoms with Crippen molar-refractivity contribution in [1.82, 2.24) is 0 Å². The summed E-state index contributed by atoms with van der Waals surface area (Å²) in [4.78, 5) is 80.8. The maximum atomic E-state index is 14.8. The van der Waals surface area contributed by atoms with Crippen molar-refractivity contribution in [3.63, 3.8) is 0 Å². The standard InChI is InChI=1S/C43H40O17/c1-19-17-28(60-41(52)24-13-9-6-10-14-24)42(53)32-31(37(50)39(57-22(4)45)43(42,54)38(19)56-21(3)44)36(49)30-25(34(32)47)15-16-26(35(30)48)58-29-18-27(33(46)20(2)55-29)59-40(51)23-11-7-5-8-12-23/h5-17,20,27-29,33,37-39,46,48,50,53-54H,18H2,1-4H3/t20-,27-,28+,29+,33-,37+,38-,39+,42-,43+/m1/s1. The molecule has 3 aromatic rings. The third kappa shape index (κ3) is 6.83. The molecule has 1 fully saturated rings. The molecule has 314 valence electrons. The molecule has 3 aliphatic carbocycles. The lowest BCUT2D eigenvalue weighted by Gasteiger charge is -2.59. The molecule has 17 heteroatoms. The summed E-state index contributed by atoms with van der Waals surface area (Å²) in [6.45, 7) is 4.66. The van der Waals surface area contributed by atoms with Gasteiger partial charge in [-0.15, -0.1) is 0 Å². The Kier molecular flexibility index (Phi) is 11.0. The topological polar surface area (TPSA) is 259 Å². The number of carbonyl (C=O) groups excluding carboxylic acids is 6. The van der Waals surface area contributed by atoms with E-state index in [4.69, 9.17) is 28.4 Å². The van der Waals surface area contributed by atoms with Crippen LogP contribution in [0.15, 0.2) is 95.6 Å². The summed E-state index contributed by atoms with van der Waals surface area (Å²) >= 11 is 0. The lowest BCUT2D eigenvalue weighted by molar-refractivity contribution is -0.276. The van der Waals surface area contributed by atoms with Crippen LogP contribution in [0, 0.1) is 0 Å². The number of carbonyl (C=O) groups is 6. The summed E-state index contributed by atoms with van der Waals surface area (Å²) in [6, 6.07) is 17.6. The first-order valence-electron chi connectivity index (χ1n) is 18.8. The van der Waals surface area contributed by atoms with Crippen molar-refractivity contribution in [2.24, 2.45) is 0 Å². The Labute approximate surface area is 341 Å². The number of aliphatic hydroxyl groups is 4. The summed E-state index contributed by atoms with van der Waals surface area (Å²) < 4.78 is 33.8. The van der Waals surface area contributed by atoms with E-state index in [2.05, 4.69) is 0 Å². The van der Waals surface area contributed by atoms with E-state index in [0.29, 0.717) is 0 Å². The second-order valence-electron chi connectivity index (χ2n) is 14.9. The average molecular weight is 829 g/mol. The van der Waals surface area contributed by atoms with Crippen molar-refractivity contribution in [2.75, 3.05) is 0 Å². The van der Waals surface area contributed by atoms with Crippen LogP contribution in [0.2, 0.25) is 0 Å². The Morgan fingerprint density at radius 3 is 1.95 bits per heavy atom. The van der Waals surface area contributed by atoms with Crippen molar-refractivity contribution in [3.8, 4) is 11.5 Å². The Balaban J connectivity index is 1.31. The highest BCUT2D eigenvalue weighted by atomic mass is 16.7. The molecular formula is C43H40O17. The maximum Gasteiger partial charge on any atom is 0.338 e. The average Bonchev–Trinajstić information content (AvgIpc) is 3.21. The van der Waals surface area contributed by atoms with E-state index in [1.54, 1.807) is 24.3 Å². The van der Waals surface area contributed by atoms with Gasteiger partial charge in [0.25, 0.3) is 0 Å². The Morgan fingerprint density at radius 2 is 1.37 bits per heavy atom. The van der Waals surface area contributed by atoms with Crippen LogP contribution in [-0.2, 0) is 33.3 Å². The molecule has 3 aromatic carbocycles. The third-order valence-corrected chi connectivity index (χ3v) is 11.0. The van der Waals surface area contributed by atoms with Crippen LogP contribution in [0.1, 0.15) is 75.5 Å². The van der Waals surface area contributed by atoms with Crippen LogP contribution < -0.4 is 4.74 Å². The zero-order valence-electron chi connectivity index (χ0n) is 32.5.